The van der Waals surface area contributed by atoms with Crippen LogP contribution in [0.5, 0.6) is 5.75 Å². The highest BCUT2D eigenvalue weighted by atomic mass is 19.1. The van der Waals surface area contributed by atoms with E-state index >= 15 is 0 Å². The molecule has 15 heavy (non-hydrogen) atoms. The number of phenolic OH excluding ortho intramolecular Hbond substituents is 1. The van der Waals surface area contributed by atoms with Crippen LogP contribution in [0.3, 0.4) is 0 Å². The Morgan fingerprint density at radius 1 is 1.20 bits per heavy atom. The summed E-state index contributed by atoms with van der Waals surface area (Å²) in [6.45, 7) is 0. The monoisotopic (exact) mass is 205 g/mol. The zero-order valence-corrected chi connectivity index (χ0v) is 7.70. The molecule has 0 unspecified atom stereocenters. The fourth-order valence-electron chi connectivity index (χ4n) is 1.37. The fourth-order valence-corrected chi connectivity index (χ4v) is 1.37. The van der Waals surface area contributed by atoms with Crippen molar-refractivity contribution in [2.75, 3.05) is 0 Å². The van der Waals surface area contributed by atoms with Crippen LogP contribution in [-0.2, 0) is 0 Å². The molecule has 0 aliphatic heterocycles. The largest absolute Gasteiger partial charge is 0.507 e. The Morgan fingerprint density at radius 2 is 2.00 bits per heavy atom. The van der Waals surface area contributed by atoms with Gasteiger partial charge in [-0.3, -0.25) is 4.79 Å². The number of benzene rings is 1. The minimum absolute atomic E-state index is 0.244. The smallest absolute Gasteiger partial charge is 0.255 e. The van der Waals surface area contributed by atoms with Crippen LogP contribution in [0.4, 0.5) is 4.39 Å². The molecule has 3 nitrogen and oxygen atoms in total. The summed E-state index contributed by atoms with van der Waals surface area (Å²) in [4.78, 5) is 13.9. The van der Waals surface area contributed by atoms with E-state index in [1.54, 1.807) is 12.1 Å². The Morgan fingerprint density at radius 3 is 2.67 bits per heavy atom. The summed E-state index contributed by atoms with van der Waals surface area (Å²) >= 11 is 0. The molecule has 0 atom stereocenters. The quantitative estimate of drug-likeness (QED) is 0.746. The van der Waals surface area contributed by atoms with Gasteiger partial charge in [-0.25, -0.2) is 4.39 Å². The molecule has 1 heterocycles. The highest BCUT2D eigenvalue weighted by molar-refractivity contribution is 5.68. The van der Waals surface area contributed by atoms with Crippen LogP contribution in [0.25, 0.3) is 11.1 Å². The SMILES string of the molecule is O=c1[nH]cccc1-c1ccc(F)cc1O. The van der Waals surface area contributed by atoms with Crippen molar-refractivity contribution in [1.29, 1.82) is 0 Å². The first kappa shape index (κ1) is 9.45. The van der Waals surface area contributed by atoms with Gasteiger partial charge in [0.1, 0.15) is 11.6 Å². The number of halogens is 1. The molecule has 0 bridgehead atoms. The van der Waals surface area contributed by atoms with Crippen molar-refractivity contribution in [1.82, 2.24) is 4.98 Å². The van der Waals surface area contributed by atoms with E-state index in [-0.39, 0.29) is 11.3 Å². The average Bonchev–Trinajstić information content (AvgIpc) is 2.20. The Labute approximate surface area is 84.8 Å². The van der Waals surface area contributed by atoms with Gasteiger partial charge in [0.2, 0.25) is 0 Å². The lowest BCUT2D eigenvalue weighted by Gasteiger charge is -2.02. The number of hydrogen-bond donors (Lipinski definition) is 2. The van der Waals surface area contributed by atoms with E-state index in [1.165, 1.54) is 18.3 Å². The van der Waals surface area contributed by atoms with E-state index in [4.69, 9.17) is 0 Å². The van der Waals surface area contributed by atoms with Gasteiger partial charge in [-0.15, -0.1) is 0 Å². The van der Waals surface area contributed by atoms with Gasteiger partial charge in [0.15, 0.2) is 0 Å². The Kier molecular flexibility index (Phi) is 2.25. The second-order valence-corrected chi connectivity index (χ2v) is 3.07. The van der Waals surface area contributed by atoms with Crippen LogP contribution in [-0.4, -0.2) is 10.1 Å². The number of aromatic hydroxyl groups is 1. The Hall–Kier alpha value is -2.10. The maximum Gasteiger partial charge on any atom is 0.255 e. The Bertz CT molecular complexity index is 548. The molecule has 0 spiro atoms. The second kappa shape index (κ2) is 3.57. The lowest BCUT2D eigenvalue weighted by Crippen LogP contribution is -2.06. The summed E-state index contributed by atoms with van der Waals surface area (Å²) < 4.78 is 12.7. The summed E-state index contributed by atoms with van der Waals surface area (Å²) in [5.74, 6) is -0.782. The van der Waals surface area contributed by atoms with Crippen molar-refractivity contribution in [2.24, 2.45) is 0 Å². The maximum atomic E-state index is 12.7. The minimum atomic E-state index is -0.538. The zero-order valence-electron chi connectivity index (χ0n) is 7.70. The van der Waals surface area contributed by atoms with Crippen molar-refractivity contribution < 1.29 is 9.50 Å². The lowest BCUT2D eigenvalue weighted by atomic mass is 10.1. The summed E-state index contributed by atoms with van der Waals surface area (Å²) in [5, 5.41) is 9.48. The molecule has 0 aliphatic rings. The highest BCUT2D eigenvalue weighted by Crippen LogP contribution is 2.26. The normalized spacial score (nSPS) is 10.2. The van der Waals surface area contributed by atoms with Crippen LogP contribution < -0.4 is 5.56 Å². The van der Waals surface area contributed by atoms with E-state index in [9.17, 15) is 14.3 Å². The summed E-state index contributed by atoms with van der Waals surface area (Å²) in [5.41, 5.74) is 0.313. The van der Waals surface area contributed by atoms with E-state index in [0.29, 0.717) is 11.1 Å². The van der Waals surface area contributed by atoms with E-state index in [1.807, 2.05) is 0 Å². The number of phenols is 1. The van der Waals surface area contributed by atoms with Gasteiger partial charge in [-0.1, -0.05) is 0 Å². The summed E-state index contributed by atoms with van der Waals surface area (Å²) in [6.07, 6.45) is 1.49. The molecule has 1 aromatic carbocycles. The first-order valence-corrected chi connectivity index (χ1v) is 4.35. The number of nitrogens with one attached hydrogen (secondary N) is 1. The molecule has 2 aromatic rings. The minimum Gasteiger partial charge on any atom is -0.507 e. The average molecular weight is 205 g/mol. The predicted octanol–water partition coefficient (Wildman–Crippen LogP) is 1.89. The van der Waals surface area contributed by atoms with Crippen LogP contribution in [0.15, 0.2) is 41.3 Å². The number of H-pyrrole nitrogens is 1. The standard InChI is InChI=1S/C11H8FNO2/c12-7-3-4-8(10(14)6-7)9-2-1-5-13-11(9)15/h1-6,14H,(H,13,15). The van der Waals surface area contributed by atoms with Crippen molar-refractivity contribution in [3.8, 4) is 16.9 Å². The van der Waals surface area contributed by atoms with Crippen LogP contribution in [0.2, 0.25) is 0 Å². The topological polar surface area (TPSA) is 53.1 Å². The number of aromatic amines is 1. The van der Waals surface area contributed by atoms with E-state index < -0.39 is 5.82 Å². The number of rotatable bonds is 1. The maximum absolute atomic E-state index is 12.7. The van der Waals surface area contributed by atoms with Gasteiger partial charge < -0.3 is 10.1 Å². The molecular formula is C11H8FNO2. The summed E-state index contributed by atoms with van der Waals surface area (Å²) in [6, 6.07) is 6.74. The van der Waals surface area contributed by atoms with Crippen molar-refractivity contribution in [3.63, 3.8) is 0 Å². The first-order valence-electron chi connectivity index (χ1n) is 4.35. The molecule has 1 aromatic heterocycles. The molecule has 0 aliphatic carbocycles. The summed E-state index contributed by atoms with van der Waals surface area (Å²) in [7, 11) is 0. The van der Waals surface area contributed by atoms with Crippen molar-refractivity contribution >= 4 is 0 Å². The molecule has 0 saturated heterocycles. The molecule has 0 radical (unpaired) electrons. The van der Waals surface area contributed by atoms with Gasteiger partial charge in [0.05, 0.1) is 5.56 Å². The first-order chi connectivity index (χ1) is 7.18. The van der Waals surface area contributed by atoms with Gasteiger partial charge in [-0.2, -0.15) is 0 Å². The molecule has 2 rings (SSSR count). The molecule has 0 saturated carbocycles. The third-order valence-corrected chi connectivity index (χ3v) is 2.07. The third kappa shape index (κ3) is 1.74. The molecule has 0 amide bonds. The Balaban J connectivity index is 2.65. The van der Waals surface area contributed by atoms with Gasteiger partial charge in [0.25, 0.3) is 5.56 Å². The third-order valence-electron chi connectivity index (χ3n) is 2.07. The van der Waals surface area contributed by atoms with Gasteiger partial charge in [0, 0.05) is 17.8 Å². The van der Waals surface area contributed by atoms with Crippen LogP contribution in [0.1, 0.15) is 0 Å². The molecule has 76 valence electrons. The molecular weight excluding hydrogens is 197 g/mol. The van der Waals surface area contributed by atoms with Gasteiger partial charge >= 0.3 is 0 Å². The number of hydrogen-bond acceptors (Lipinski definition) is 2. The molecule has 4 heteroatoms. The van der Waals surface area contributed by atoms with Gasteiger partial charge in [-0.05, 0) is 24.3 Å². The van der Waals surface area contributed by atoms with E-state index in [2.05, 4.69) is 4.98 Å². The van der Waals surface area contributed by atoms with Crippen LogP contribution in [0, 0.1) is 5.82 Å². The van der Waals surface area contributed by atoms with E-state index in [0.717, 1.165) is 6.07 Å². The number of aromatic nitrogens is 1. The fraction of sp³-hybridized carbons (Fsp3) is 0. The van der Waals surface area contributed by atoms with Crippen molar-refractivity contribution in [3.05, 3.63) is 52.7 Å². The molecule has 2 N–H and O–H groups in total. The number of pyridine rings is 1. The highest BCUT2D eigenvalue weighted by Gasteiger charge is 2.07. The molecule has 0 fully saturated rings. The van der Waals surface area contributed by atoms with Crippen LogP contribution >= 0.6 is 0 Å². The predicted molar refractivity (Wildman–Crippen MR) is 54.1 cm³/mol. The lowest BCUT2D eigenvalue weighted by molar-refractivity contribution is 0.471. The van der Waals surface area contributed by atoms with Crippen molar-refractivity contribution in [2.45, 2.75) is 0 Å². The zero-order chi connectivity index (χ0) is 10.8. The second-order valence-electron chi connectivity index (χ2n) is 3.07.